The van der Waals surface area contributed by atoms with Gasteiger partial charge in [-0.15, -0.1) is 0 Å². The zero-order chi connectivity index (χ0) is 33.8. The summed E-state index contributed by atoms with van der Waals surface area (Å²) in [6, 6.07) is 0. The monoisotopic (exact) mass is 658 g/mol. The number of carbonyl (C=O) groups excluding carboxylic acids is 3. The van der Waals surface area contributed by atoms with Gasteiger partial charge in [0.1, 0.15) is 6.26 Å². The number of hydrogen-bond donors (Lipinski definition) is 1. The fraction of sp³-hybridized carbons (Fsp3) is 0.788. The average molecular weight is 659 g/mol. The maximum absolute atomic E-state index is 14.5. The predicted molar refractivity (Wildman–Crippen MR) is 157 cm³/mol. The quantitative estimate of drug-likeness (QED) is 0.128. The molecule has 0 saturated heterocycles. The van der Waals surface area contributed by atoms with Crippen molar-refractivity contribution in [3.63, 3.8) is 0 Å². The van der Waals surface area contributed by atoms with Crippen LogP contribution in [0.2, 0.25) is 0 Å². The first-order chi connectivity index (χ1) is 20.5. The highest BCUT2D eigenvalue weighted by Crippen LogP contribution is 2.75. The van der Waals surface area contributed by atoms with Crippen LogP contribution in [0.1, 0.15) is 92.9 Å². The normalized spacial score (nSPS) is 43.8. The molecule has 4 fully saturated rings. The van der Waals surface area contributed by atoms with Crippen molar-refractivity contribution >= 4 is 27.7 Å². The maximum Gasteiger partial charge on any atom is 0.534 e. The van der Waals surface area contributed by atoms with Crippen LogP contribution < -0.4 is 0 Å². The molecule has 0 aromatic carbocycles. The van der Waals surface area contributed by atoms with Crippen molar-refractivity contribution in [2.24, 2.45) is 50.2 Å². The Kier molecular flexibility index (Phi) is 7.69. The molecule has 0 aromatic rings. The van der Waals surface area contributed by atoms with Crippen molar-refractivity contribution in [2.75, 3.05) is 13.7 Å². The molecule has 0 amide bonds. The van der Waals surface area contributed by atoms with Gasteiger partial charge in [0, 0.05) is 11.5 Å². The predicted octanol–water partition coefficient (Wildman–Crippen LogP) is 6.04. The molecule has 12 heteroatoms. The molecule has 45 heavy (non-hydrogen) atoms. The third-order valence-corrected chi connectivity index (χ3v) is 14.2. The Bertz CT molecular complexity index is 1500. The minimum absolute atomic E-state index is 0.0849. The molecule has 5 aliphatic carbocycles. The van der Waals surface area contributed by atoms with Crippen molar-refractivity contribution in [3.05, 3.63) is 23.5 Å². The topological polar surface area (TPSA) is 124 Å². The number of alkyl halides is 3. The summed E-state index contributed by atoms with van der Waals surface area (Å²) in [5.74, 6) is -2.26. The Morgan fingerprint density at radius 3 is 2.24 bits per heavy atom. The molecule has 0 bridgehead atoms. The van der Waals surface area contributed by atoms with E-state index in [1.165, 1.54) is 14.0 Å². The van der Waals surface area contributed by atoms with Crippen LogP contribution in [0.4, 0.5) is 13.2 Å². The van der Waals surface area contributed by atoms with Gasteiger partial charge in [0.25, 0.3) is 0 Å². The van der Waals surface area contributed by atoms with Crippen LogP contribution in [0.15, 0.2) is 23.5 Å². The molecule has 1 N–H and O–H groups in total. The summed E-state index contributed by atoms with van der Waals surface area (Å²) in [7, 11) is -4.63. The molecule has 0 radical (unpaired) electrons. The van der Waals surface area contributed by atoms with Gasteiger partial charge in [0.05, 0.1) is 24.5 Å². The summed E-state index contributed by atoms with van der Waals surface area (Å²) in [5, 5.41) is 10.6. The molecule has 8 atom stereocenters. The molecule has 5 rings (SSSR count). The van der Waals surface area contributed by atoms with E-state index in [2.05, 4.69) is 31.9 Å². The van der Waals surface area contributed by atoms with E-state index in [0.717, 1.165) is 12.0 Å². The summed E-state index contributed by atoms with van der Waals surface area (Å²) >= 11 is 0. The van der Waals surface area contributed by atoms with Gasteiger partial charge in [-0.3, -0.25) is 14.4 Å². The van der Waals surface area contributed by atoms with Gasteiger partial charge in [-0.1, -0.05) is 40.2 Å². The lowest BCUT2D eigenvalue weighted by molar-refractivity contribution is -0.192. The molecule has 0 aliphatic heterocycles. The maximum atomic E-state index is 14.5. The first kappa shape index (κ1) is 34.1. The average Bonchev–Trinajstić information content (AvgIpc) is 2.94. The second-order valence-corrected chi connectivity index (χ2v) is 17.6. The number of Topliss-reactive ketones (excluding diaryl/α,β-unsaturated/α-hetero) is 1. The van der Waals surface area contributed by atoms with Crippen LogP contribution >= 0.6 is 0 Å². The van der Waals surface area contributed by atoms with Gasteiger partial charge >= 0.3 is 21.6 Å². The number of rotatable bonds is 4. The van der Waals surface area contributed by atoms with Crippen molar-refractivity contribution < 1.29 is 50.0 Å². The van der Waals surface area contributed by atoms with Gasteiger partial charge < -0.3 is 14.0 Å². The number of aliphatic hydroxyl groups excluding tert-OH is 1. The van der Waals surface area contributed by atoms with E-state index in [4.69, 9.17) is 4.74 Å². The Morgan fingerprint density at radius 2 is 1.67 bits per heavy atom. The number of carbonyl (C=O) groups is 3. The van der Waals surface area contributed by atoms with Crippen molar-refractivity contribution in [3.8, 4) is 0 Å². The number of halogens is 3. The highest BCUT2D eigenvalue weighted by Gasteiger charge is 2.71. The second kappa shape index (κ2) is 10.1. The zero-order valence-electron chi connectivity index (χ0n) is 27.1. The molecule has 0 aromatic heterocycles. The fourth-order valence-electron chi connectivity index (χ4n) is 10.7. The molecule has 0 heterocycles. The summed E-state index contributed by atoms with van der Waals surface area (Å²) in [4.78, 5) is 41.6. The minimum atomic E-state index is -6.02. The summed E-state index contributed by atoms with van der Waals surface area (Å²) in [6.45, 7) is 11.3. The zero-order valence-corrected chi connectivity index (χ0v) is 27.9. The first-order valence-electron chi connectivity index (χ1n) is 15.7. The van der Waals surface area contributed by atoms with E-state index >= 15 is 0 Å². The smallest absolute Gasteiger partial charge is 0.469 e. The van der Waals surface area contributed by atoms with E-state index in [0.29, 0.717) is 44.8 Å². The van der Waals surface area contributed by atoms with Gasteiger partial charge in [0.15, 0.2) is 11.6 Å². The number of allylic oxidation sites excluding steroid dienone is 3. The Labute approximate surface area is 263 Å². The van der Waals surface area contributed by atoms with E-state index < -0.39 is 66.9 Å². The van der Waals surface area contributed by atoms with Crippen LogP contribution in [-0.4, -0.2) is 50.3 Å². The van der Waals surface area contributed by atoms with E-state index in [-0.39, 0.29) is 35.1 Å². The summed E-state index contributed by atoms with van der Waals surface area (Å²) in [6.07, 6.45) is 6.24. The lowest BCUT2D eigenvalue weighted by Gasteiger charge is -2.69. The Morgan fingerprint density at radius 1 is 1.04 bits per heavy atom. The van der Waals surface area contributed by atoms with Gasteiger partial charge in [0.2, 0.25) is 0 Å². The molecule has 252 valence electrons. The third-order valence-electron chi connectivity index (χ3n) is 13.3. The van der Waals surface area contributed by atoms with Crippen LogP contribution in [0.5, 0.6) is 0 Å². The fourth-order valence-corrected chi connectivity index (χ4v) is 11.1. The molecule has 5 aliphatic rings. The highest BCUT2D eigenvalue weighted by atomic mass is 32.2. The van der Waals surface area contributed by atoms with E-state index in [1.54, 1.807) is 6.08 Å². The lowest BCUT2D eigenvalue weighted by Crippen LogP contribution is -2.66. The van der Waals surface area contributed by atoms with Gasteiger partial charge in [-0.25, -0.2) is 0 Å². The molecule has 4 saturated carbocycles. The van der Waals surface area contributed by atoms with Crippen LogP contribution in [0, 0.1) is 50.2 Å². The lowest BCUT2D eigenvalue weighted by atomic mass is 9.33. The summed E-state index contributed by atoms with van der Waals surface area (Å²) < 4.78 is 72.3. The van der Waals surface area contributed by atoms with Crippen LogP contribution in [-0.2, 0) is 33.4 Å². The third kappa shape index (κ3) is 4.53. The van der Waals surface area contributed by atoms with Crippen molar-refractivity contribution in [2.45, 2.75) is 98.4 Å². The number of ether oxygens (including phenoxy) is 1. The number of methoxy groups -OCH3 is 1. The molecule has 0 spiro atoms. The van der Waals surface area contributed by atoms with Crippen LogP contribution in [0.25, 0.3) is 0 Å². The minimum Gasteiger partial charge on any atom is -0.469 e. The second-order valence-electron chi connectivity index (χ2n) is 16.0. The summed E-state index contributed by atoms with van der Waals surface area (Å²) in [5.41, 5.74) is -9.69. The SMILES string of the molecule is COC(=O)[C@]12CCC(C)(C)C[C@H]1[C@H]1C(=O)C=C3[C@@]4(C)CC(=COS(=O)(=O)C(F)(F)F)C(=O)[C@](C)(CO)[C@@H]4CC[C@@]3(C)[C@]1(C)CC2. The van der Waals surface area contributed by atoms with Gasteiger partial charge in [-0.2, -0.15) is 21.6 Å². The number of ketones is 2. The first-order valence-corrected chi connectivity index (χ1v) is 17.1. The number of hydrogen-bond acceptors (Lipinski definition) is 8. The van der Waals surface area contributed by atoms with E-state index in [1.807, 2.05) is 6.92 Å². The van der Waals surface area contributed by atoms with E-state index in [9.17, 15) is 41.1 Å². The molecule has 8 nitrogen and oxygen atoms in total. The van der Waals surface area contributed by atoms with Crippen LogP contribution in [0.3, 0.4) is 0 Å². The number of aliphatic hydroxyl groups is 1. The standard InChI is InChI=1S/C33H45F3O8S/c1-27(2)10-12-32(26(40)43-7)13-11-31(6)24(20(32)16-27)21(38)14-23-28(3)15-19(17-44-45(41,42)33(34,35)36)25(39)29(4,18-37)22(28)8-9-30(23,31)5/h14,17,20,22,24,37H,8-13,15-16,18H2,1-7H3/t20-,22+,24-,28-,29+,30+,31+,32-/m0/s1. The highest BCUT2D eigenvalue weighted by molar-refractivity contribution is 7.87. The molecule has 0 unspecified atom stereocenters. The Hall–Kier alpha value is -2.21. The number of fused-ring (bicyclic) bond motifs is 7. The van der Waals surface area contributed by atoms with Gasteiger partial charge in [-0.05, 0) is 97.9 Å². The van der Waals surface area contributed by atoms with Crippen molar-refractivity contribution in [1.29, 1.82) is 0 Å². The largest absolute Gasteiger partial charge is 0.534 e. The Balaban J connectivity index is 1.65. The molecular formula is C33H45F3O8S. The van der Waals surface area contributed by atoms with Crippen molar-refractivity contribution in [1.82, 2.24) is 0 Å². The number of esters is 1. The molecular weight excluding hydrogens is 613 g/mol.